The van der Waals surface area contributed by atoms with Crippen molar-refractivity contribution >= 4 is 0 Å². The molecule has 2 fully saturated rings. The molecule has 1 aliphatic carbocycles. The second kappa shape index (κ2) is 6.30. The zero-order chi connectivity index (χ0) is 13.1. The average molecular weight is 258 g/mol. The van der Waals surface area contributed by atoms with E-state index in [2.05, 4.69) is 17.3 Å². The molecule has 5 atom stereocenters. The Labute approximate surface area is 109 Å². The number of aliphatic hydroxyl groups excluding tert-OH is 1. The molecule has 0 amide bonds. The molecule has 2 aliphatic rings. The van der Waals surface area contributed by atoms with Gasteiger partial charge >= 0.3 is 0 Å². The SMILES string of the molecule is COC1CCC([C@H](O)C2NCCN2C)CC1OC. The fraction of sp³-hybridized carbons (Fsp3) is 1.00. The highest BCUT2D eigenvalue weighted by Gasteiger charge is 2.39. The number of likely N-dealkylation sites (N-methyl/N-ethyl adjacent to an activating group) is 1. The van der Waals surface area contributed by atoms with Gasteiger partial charge in [-0.3, -0.25) is 10.2 Å². The summed E-state index contributed by atoms with van der Waals surface area (Å²) in [5.41, 5.74) is 0. The van der Waals surface area contributed by atoms with Crippen LogP contribution in [-0.4, -0.2) is 68.8 Å². The van der Waals surface area contributed by atoms with Crippen molar-refractivity contribution in [1.82, 2.24) is 10.2 Å². The maximum atomic E-state index is 10.5. The fourth-order valence-corrected chi connectivity index (χ4v) is 3.28. The fourth-order valence-electron chi connectivity index (χ4n) is 3.28. The van der Waals surface area contributed by atoms with Gasteiger partial charge in [-0.2, -0.15) is 0 Å². The summed E-state index contributed by atoms with van der Waals surface area (Å²) in [6.45, 7) is 1.96. The van der Waals surface area contributed by atoms with Gasteiger partial charge in [0.2, 0.25) is 0 Å². The number of hydrogen-bond acceptors (Lipinski definition) is 5. The van der Waals surface area contributed by atoms with Crippen LogP contribution < -0.4 is 5.32 Å². The standard InChI is InChI=1S/C13H26N2O3/c1-15-7-6-14-13(15)12(16)9-4-5-10(17-2)11(8-9)18-3/h9-14,16H,4-8H2,1-3H3/t9?,10?,11?,12-,13?/m0/s1. The third-order valence-electron chi connectivity index (χ3n) is 4.48. The number of rotatable bonds is 4. The lowest BCUT2D eigenvalue weighted by Gasteiger charge is -2.39. The van der Waals surface area contributed by atoms with Crippen LogP contribution in [0.1, 0.15) is 19.3 Å². The molecule has 18 heavy (non-hydrogen) atoms. The summed E-state index contributed by atoms with van der Waals surface area (Å²) in [7, 11) is 5.52. The molecule has 1 saturated carbocycles. The largest absolute Gasteiger partial charge is 0.390 e. The Balaban J connectivity index is 1.93. The highest BCUT2D eigenvalue weighted by Crippen LogP contribution is 2.32. The Kier molecular flexibility index (Phi) is 4.98. The zero-order valence-corrected chi connectivity index (χ0v) is 11.6. The molecule has 2 rings (SSSR count). The minimum atomic E-state index is -0.326. The molecular weight excluding hydrogens is 232 g/mol. The number of ether oxygens (including phenoxy) is 2. The molecule has 1 heterocycles. The van der Waals surface area contributed by atoms with Gasteiger partial charge < -0.3 is 14.6 Å². The van der Waals surface area contributed by atoms with E-state index in [0.717, 1.165) is 32.4 Å². The van der Waals surface area contributed by atoms with Crippen LogP contribution in [0, 0.1) is 5.92 Å². The highest BCUT2D eigenvalue weighted by atomic mass is 16.5. The molecule has 1 aliphatic heterocycles. The lowest BCUT2D eigenvalue weighted by Crippen LogP contribution is -2.50. The van der Waals surface area contributed by atoms with Crippen molar-refractivity contribution in [2.75, 3.05) is 34.4 Å². The van der Waals surface area contributed by atoms with E-state index in [4.69, 9.17) is 9.47 Å². The monoisotopic (exact) mass is 258 g/mol. The molecule has 0 aromatic heterocycles. The second-order valence-electron chi connectivity index (χ2n) is 5.49. The summed E-state index contributed by atoms with van der Waals surface area (Å²) < 4.78 is 10.9. The summed E-state index contributed by atoms with van der Waals surface area (Å²) in [5.74, 6) is 0.291. The van der Waals surface area contributed by atoms with Crippen molar-refractivity contribution in [2.24, 2.45) is 5.92 Å². The normalized spacial score (nSPS) is 40.0. The van der Waals surface area contributed by atoms with Crippen LogP contribution in [0.15, 0.2) is 0 Å². The van der Waals surface area contributed by atoms with Gasteiger partial charge in [-0.05, 0) is 32.2 Å². The summed E-state index contributed by atoms with van der Waals surface area (Å²) in [5, 5.41) is 13.9. The van der Waals surface area contributed by atoms with E-state index in [0.29, 0.717) is 5.92 Å². The first-order chi connectivity index (χ1) is 8.67. The van der Waals surface area contributed by atoms with E-state index in [-0.39, 0.29) is 24.5 Å². The van der Waals surface area contributed by atoms with E-state index in [1.165, 1.54) is 0 Å². The van der Waals surface area contributed by atoms with Gasteiger partial charge in [0, 0.05) is 27.3 Å². The predicted octanol–water partition coefficient (Wildman–Crippen LogP) is 0.0385. The van der Waals surface area contributed by atoms with Gasteiger partial charge in [-0.1, -0.05) is 0 Å². The third-order valence-corrected chi connectivity index (χ3v) is 4.48. The molecular formula is C13H26N2O3. The second-order valence-corrected chi connectivity index (χ2v) is 5.49. The number of hydrogen-bond donors (Lipinski definition) is 2. The number of methoxy groups -OCH3 is 2. The van der Waals surface area contributed by atoms with Gasteiger partial charge in [0.1, 0.15) is 0 Å². The lowest BCUT2D eigenvalue weighted by atomic mass is 9.81. The quantitative estimate of drug-likeness (QED) is 0.745. The van der Waals surface area contributed by atoms with E-state index in [1.54, 1.807) is 14.2 Å². The molecule has 106 valence electrons. The lowest BCUT2D eigenvalue weighted by molar-refractivity contribution is -0.0939. The Bertz CT molecular complexity index is 265. The Morgan fingerprint density at radius 3 is 2.50 bits per heavy atom. The Hall–Kier alpha value is -0.200. The molecule has 0 aromatic carbocycles. The molecule has 0 bridgehead atoms. The van der Waals surface area contributed by atoms with Crippen LogP contribution >= 0.6 is 0 Å². The summed E-state index contributed by atoms with van der Waals surface area (Å²) >= 11 is 0. The van der Waals surface area contributed by atoms with Crippen molar-refractivity contribution in [1.29, 1.82) is 0 Å². The van der Waals surface area contributed by atoms with Gasteiger partial charge in [0.25, 0.3) is 0 Å². The van der Waals surface area contributed by atoms with E-state index in [1.807, 2.05) is 0 Å². The molecule has 5 nitrogen and oxygen atoms in total. The van der Waals surface area contributed by atoms with Crippen LogP contribution in [0.25, 0.3) is 0 Å². The molecule has 4 unspecified atom stereocenters. The van der Waals surface area contributed by atoms with Crippen LogP contribution in [0.2, 0.25) is 0 Å². The molecule has 5 heteroatoms. The smallest absolute Gasteiger partial charge is 0.0866 e. The van der Waals surface area contributed by atoms with Gasteiger partial charge in [-0.25, -0.2) is 0 Å². The minimum absolute atomic E-state index is 0.0894. The molecule has 0 aromatic rings. The molecule has 0 spiro atoms. The van der Waals surface area contributed by atoms with Crippen LogP contribution in [-0.2, 0) is 9.47 Å². The van der Waals surface area contributed by atoms with Gasteiger partial charge in [0.05, 0.1) is 24.5 Å². The van der Waals surface area contributed by atoms with E-state index >= 15 is 0 Å². The minimum Gasteiger partial charge on any atom is -0.390 e. The van der Waals surface area contributed by atoms with E-state index in [9.17, 15) is 5.11 Å². The molecule has 2 N–H and O–H groups in total. The topological polar surface area (TPSA) is 54.0 Å². The molecule has 1 saturated heterocycles. The maximum Gasteiger partial charge on any atom is 0.0866 e. The summed E-state index contributed by atoms with van der Waals surface area (Å²) in [6.07, 6.45) is 2.89. The predicted molar refractivity (Wildman–Crippen MR) is 69.4 cm³/mol. The average Bonchev–Trinajstić information content (AvgIpc) is 2.83. The van der Waals surface area contributed by atoms with Crippen LogP contribution in [0.5, 0.6) is 0 Å². The van der Waals surface area contributed by atoms with Gasteiger partial charge in [-0.15, -0.1) is 0 Å². The summed E-state index contributed by atoms with van der Waals surface area (Å²) in [6, 6.07) is 0. The van der Waals surface area contributed by atoms with E-state index < -0.39 is 0 Å². The van der Waals surface area contributed by atoms with Crippen LogP contribution in [0.4, 0.5) is 0 Å². The van der Waals surface area contributed by atoms with Crippen molar-refractivity contribution in [3.63, 3.8) is 0 Å². The molecule has 0 radical (unpaired) electrons. The highest BCUT2D eigenvalue weighted by molar-refractivity contribution is 4.91. The van der Waals surface area contributed by atoms with Crippen molar-refractivity contribution in [2.45, 2.75) is 43.7 Å². The number of nitrogens with one attached hydrogen (secondary N) is 1. The Morgan fingerprint density at radius 1 is 1.22 bits per heavy atom. The summed E-state index contributed by atoms with van der Waals surface area (Å²) in [4.78, 5) is 2.19. The van der Waals surface area contributed by atoms with Crippen molar-refractivity contribution in [3.8, 4) is 0 Å². The first-order valence-corrected chi connectivity index (χ1v) is 6.84. The maximum absolute atomic E-state index is 10.5. The Morgan fingerprint density at radius 2 is 1.94 bits per heavy atom. The number of nitrogens with zero attached hydrogens (tertiary/aromatic N) is 1. The van der Waals surface area contributed by atoms with Gasteiger partial charge in [0.15, 0.2) is 0 Å². The first-order valence-electron chi connectivity index (χ1n) is 6.84. The van der Waals surface area contributed by atoms with Crippen LogP contribution in [0.3, 0.4) is 0 Å². The first kappa shape index (κ1) is 14.2. The zero-order valence-electron chi connectivity index (χ0n) is 11.6. The third kappa shape index (κ3) is 2.86. The number of aliphatic hydroxyl groups is 1. The van der Waals surface area contributed by atoms with Crippen molar-refractivity contribution < 1.29 is 14.6 Å². The van der Waals surface area contributed by atoms with Crippen molar-refractivity contribution in [3.05, 3.63) is 0 Å².